The number of ether oxygens (including phenoxy) is 1. The second kappa shape index (κ2) is 9.75. The van der Waals surface area contributed by atoms with Gasteiger partial charge in [0.1, 0.15) is 11.5 Å². The van der Waals surface area contributed by atoms with Crippen LogP contribution in [0.15, 0.2) is 48.3 Å². The number of hydrogen-bond donors (Lipinski definition) is 1. The lowest BCUT2D eigenvalue weighted by Gasteiger charge is -2.28. The number of likely N-dealkylation sites (N-methyl/N-ethyl adjacent to an activating group) is 1. The van der Waals surface area contributed by atoms with E-state index >= 15 is 0 Å². The molecule has 7 nitrogen and oxygen atoms in total. The lowest BCUT2D eigenvalue weighted by atomic mass is 9.94. The number of amides is 1. The third kappa shape index (κ3) is 4.46. The summed E-state index contributed by atoms with van der Waals surface area (Å²) < 4.78 is 5.24. The maximum absolute atomic E-state index is 13.1. The van der Waals surface area contributed by atoms with Gasteiger partial charge < -0.3 is 19.6 Å². The van der Waals surface area contributed by atoms with Crippen molar-refractivity contribution in [2.24, 2.45) is 0 Å². The van der Waals surface area contributed by atoms with E-state index in [2.05, 4.69) is 23.7 Å². The molecule has 0 aliphatic carbocycles. The average Bonchev–Trinajstić information content (AvgIpc) is 3.04. The van der Waals surface area contributed by atoms with Crippen LogP contribution in [0.2, 0.25) is 0 Å². The Balaban J connectivity index is 2.10. The van der Waals surface area contributed by atoms with E-state index in [1.54, 1.807) is 54.7 Å². The largest absolute Gasteiger partial charge is 0.507 e. The fraction of sp³-hybridized carbons (Fsp3) is 0.375. The standard InChI is InChI=1S/C24H29N3O4/c1-5-26(6-2)13-14-27-21(17-9-11-25-12-10-17)20(23(29)24(27)30)22(28)19-8-7-18(31-4)15-16(19)3/h7-12,15,21,28H,5-6,13-14H2,1-4H3/t21-/m0/s1. The van der Waals surface area contributed by atoms with Crippen LogP contribution in [-0.2, 0) is 9.59 Å². The van der Waals surface area contributed by atoms with Crippen molar-refractivity contribution in [3.63, 3.8) is 0 Å². The van der Waals surface area contributed by atoms with E-state index in [1.807, 2.05) is 6.92 Å². The van der Waals surface area contributed by atoms with Crippen LogP contribution in [0.1, 0.15) is 36.6 Å². The Hall–Kier alpha value is -3.19. The zero-order valence-electron chi connectivity index (χ0n) is 18.5. The van der Waals surface area contributed by atoms with E-state index in [1.165, 1.54) is 0 Å². The molecule has 1 atom stereocenters. The van der Waals surface area contributed by atoms with Crippen molar-refractivity contribution in [3.05, 3.63) is 65.0 Å². The topological polar surface area (TPSA) is 83.0 Å². The molecule has 1 N–H and O–H groups in total. The maximum atomic E-state index is 13.1. The number of rotatable bonds is 8. The first-order valence-electron chi connectivity index (χ1n) is 10.5. The molecule has 164 valence electrons. The van der Waals surface area contributed by atoms with Crippen molar-refractivity contribution < 1.29 is 19.4 Å². The number of likely N-dealkylation sites (tertiary alicyclic amines) is 1. The summed E-state index contributed by atoms with van der Waals surface area (Å²) in [4.78, 5) is 33.9. The summed E-state index contributed by atoms with van der Waals surface area (Å²) in [5.41, 5.74) is 2.09. The summed E-state index contributed by atoms with van der Waals surface area (Å²) in [5, 5.41) is 11.2. The number of aryl methyl sites for hydroxylation is 1. The minimum atomic E-state index is -0.672. The van der Waals surface area contributed by atoms with E-state index in [-0.39, 0.29) is 11.3 Å². The van der Waals surface area contributed by atoms with E-state index in [0.29, 0.717) is 24.4 Å². The summed E-state index contributed by atoms with van der Waals surface area (Å²) in [6, 6.07) is 8.09. The van der Waals surface area contributed by atoms with E-state index < -0.39 is 17.7 Å². The highest BCUT2D eigenvalue weighted by Gasteiger charge is 2.46. The first-order chi connectivity index (χ1) is 14.9. The molecule has 1 amide bonds. The molecule has 1 saturated heterocycles. The number of pyridine rings is 1. The summed E-state index contributed by atoms with van der Waals surface area (Å²) >= 11 is 0. The second-order valence-corrected chi connectivity index (χ2v) is 7.48. The average molecular weight is 424 g/mol. The molecule has 0 saturated carbocycles. The highest BCUT2D eigenvalue weighted by atomic mass is 16.5. The molecule has 1 aliphatic heterocycles. The highest BCUT2D eigenvalue weighted by Crippen LogP contribution is 2.39. The molecule has 1 aromatic carbocycles. The third-order valence-electron chi connectivity index (χ3n) is 5.80. The van der Waals surface area contributed by atoms with E-state index in [0.717, 1.165) is 24.2 Å². The van der Waals surface area contributed by atoms with Gasteiger partial charge in [0, 0.05) is 31.0 Å². The van der Waals surface area contributed by atoms with Gasteiger partial charge >= 0.3 is 0 Å². The van der Waals surface area contributed by atoms with Gasteiger partial charge in [-0.25, -0.2) is 0 Å². The Morgan fingerprint density at radius 2 is 1.84 bits per heavy atom. The van der Waals surface area contributed by atoms with Crippen molar-refractivity contribution in [1.29, 1.82) is 0 Å². The van der Waals surface area contributed by atoms with Gasteiger partial charge in [-0.05, 0) is 61.5 Å². The molecule has 3 rings (SSSR count). The molecule has 2 aromatic rings. The van der Waals surface area contributed by atoms with Gasteiger partial charge in [0.2, 0.25) is 0 Å². The van der Waals surface area contributed by atoms with Crippen molar-refractivity contribution >= 4 is 17.4 Å². The number of aliphatic hydroxyl groups is 1. The molecule has 0 radical (unpaired) electrons. The molecule has 0 unspecified atom stereocenters. The molecule has 0 bridgehead atoms. The number of Topliss-reactive ketones (excluding diaryl/α,β-unsaturated/α-hetero) is 1. The minimum absolute atomic E-state index is 0.101. The highest BCUT2D eigenvalue weighted by molar-refractivity contribution is 6.46. The van der Waals surface area contributed by atoms with Crippen LogP contribution in [0.3, 0.4) is 0 Å². The smallest absolute Gasteiger partial charge is 0.295 e. The predicted molar refractivity (Wildman–Crippen MR) is 119 cm³/mol. The Labute approximate surface area is 183 Å². The number of nitrogens with zero attached hydrogens (tertiary/aromatic N) is 3. The normalized spacial score (nSPS) is 18.1. The maximum Gasteiger partial charge on any atom is 0.295 e. The van der Waals surface area contributed by atoms with E-state index in [9.17, 15) is 14.7 Å². The molecule has 31 heavy (non-hydrogen) atoms. The fourth-order valence-corrected chi connectivity index (χ4v) is 3.97. The Morgan fingerprint density at radius 1 is 1.16 bits per heavy atom. The summed E-state index contributed by atoms with van der Waals surface area (Å²) in [6.45, 7) is 8.68. The summed E-state index contributed by atoms with van der Waals surface area (Å²) in [7, 11) is 1.57. The molecule has 1 aliphatic rings. The second-order valence-electron chi connectivity index (χ2n) is 7.48. The van der Waals surface area contributed by atoms with Crippen LogP contribution in [0.5, 0.6) is 5.75 Å². The van der Waals surface area contributed by atoms with Crippen LogP contribution in [0.25, 0.3) is 5.76 Å². The molecule has 2 heterocycles. The van der Waals surface area contributed by atoms with Gasteiger partial charge in [-0.15, -0.1) is 0 Å². The zero-order chi connectivity index (χ0) is 22.5. The van der Waals surface area contributed by atoms with E-state index in [4.69, 9.17) is 4.74 Å². The molecule has 1 aromatic heterocycles. The number of benzene rings is 1. The first kappa shape index (κ1) is 22.5. The molecule has 1 fully saturated rings. The minimum Gasteiger partial charge on any atom is -0.507 e. The van der Waals surface area contributed by atoms with Gasteiger partial charge in [-0.2, -0.15) is 0 Å². The summed E-state index contributed by atoms with van der Waals surface area (Å²) in [6.07, 6.45) is 3.25. The summed E-state index contributed by atoms with van der Waals surface area (Å²) in [5.74, 6) is -0.791. The van der Waals surface area contributed by atoms with Crippen molar-refractivity contribution in [3.8, 4) is 5.75 Å². The van der Waals surface area contributed by atoms with Crippen molar-refractivity contribution in [2.75, 3.05) is 33.3 Å². The fourth-order valence-electron chi connectivity index (χ4n) is 3.97. The SMILES string of the molecule is CCN(CC)CCN1C(=O)C(=O)C(=C(O)c2ccc(OC)cc2C)[C@@H]1c1ccncc1. The first-order valence-corrected chi connectivity index (χ1v) is 10.5. The number of ketones is 1. The molecule has 0 spiro atoms. The number of carbonyl (C=O) groups excluding carboxylic acids is 2. The lowest BCUT2D eigenvalue weighted by Crippen LogP contribution is -2.38. The van der Waals surface area contributed by atoms with Crippen LogP contribution in [-0.4, -0.2) is 64.9 Å². The third-order valence-corrected chi connectivity index (χ3v) is 5.80. The molecular weight excluding hydrogens is 394 g/mol. The van der Waals surface area contributed by atoms with Crippen molar-refractivity contribution in [2.45, 2.75) is 26.8 Å². The number of carbonyl (C=O) groups is 2. The molecular formula is C24H29N3O4. The van der Waals surface area contributed by atoms with Crippen LogP contribution >= 0.6 is 0 Å². The van der Waals surface area contributed by atoms with Crippen LogP contribution in [0, 0.1) is 6.92 Å². The number of methoxy groups -OCH3 is 1. The zero-order valence-corrected chi connectivity index (χ0v) is 18.5. The molecule has 7 heteroatoms. The van der Waals surface area contributed by atoms with Gasteiger partial charge in [-0.3, -0.25) is 14.6 Å². The van der Waals surface area contributed by atoms with Crippen molar-refractivity contribution in [1.82, 2.24) is 14.8 Å². The van der Waals surface area contributed by atoms with Gasteiger partial charge in [0.25, 0.3) is 11.7 Å². The van der Waals surface area contributed by atoms with Crippen LogP contribution < -0.4 is 4.74 Å². The van der Waals surface area contributed by atoms with Gasteiger partial charge in [0.05, 0.1) is 18.7 Å². The monoisotopic (exact) mass is 423 g/mol. The Morgan fingerprint density at radius 3 is 2.42 bits per heavy atom. The Bertz CT molecular complexity index is 984. The number of aromatic nitrogens is 1. The quantitative estimate of drug-likeness (QED) is 0.399. The predicted octanol–water partition coefficient (Wildman–Crippen LogP) is 3.16. The van der Waals surface area contributed by atoms with Crippen LogP contribution in [0.4, 0.5) is 0 Å². The number of hydrogen-bond acceptors (Lipinski definition) is 6. The van der Waals surface area contributed by atoms with Gasteiger partial charge in [-0.1, -0.05) is 13.8 Å². The Kier molecular flexibility index (Phi) is 7.07. The van der Waals surface area contributed by atoms with Gasteiger partial charge in [0.15, 0.2) is 0 Å². The number of aliphatic hydroxyl groups excluding tert-OH is 1. The lowest BCUT2D eigenvalue weighted by molar-refractivity contribution is -0.140.